The van der Waals surface area contributed by atoms with Gasteiger partial charge < -0.3 is 5.73 Å². The molecule has 0 saturated carbocycles. The Bertz CT molecular complexity index is 651. The smallest absolute Gasteiger partial charge is 0.193 e. The van der Waals surface area contributed by atoms with Crippen molar-refractivity contribution in [3.63, 3.8) is 0 Å². The van der Waals surface area contributed by atoms with E-state index in [0.29, 0.717) is 11.3 Å². The molecule has 0 radical (unpaired) electrons. The van der Waals surface area contributed by atoms with Gasteiger partial charge >= 0.3 is 0 Å². The van der Waals surface area contributed by atoms with Crippen molar-refractivity contribution < 1.29 is 4.79 Å². The van der Waals surface area contributed by atoms with Gasteiger partial charge in [-0.2, -0.15) is 0 Å². The van der Waals surface area contributed by atoms with Crippen LogP contribution in [0.15, 0.2) is 42.5 Å². The van der Waals surface area contributed by atoms with Crippen molar-refractivity contribution in [2.75, 3.05) is 5.73 Å². The second-order valence-corrected chi connectivity index (χ2v) is 6.20. The van der Waals surface area contributed by atoms with Crippen LogP contribution in [0.1, 0.15) is 47.8 Å². The van der Waals surface area contributed by atoms with Gasteiger partial charge in [-0.15, -0.1) is 0 Å². The predicted molar refractivity (Wildman–Crippen MR) is 84.2 cm³/mol. The molecule has 2 rings (SSSR count). The third-order valence-electron chi connectivity index (χ3n) is 3.51. The molecule has 0 heterocycles. The fourth-order valence-corrected chi connectivity index (χ4v) is 2.31. The van der Waals surface area contributed by atoms with Crippen LogP contribution in [0.3, 0.4) is 0 Å². The number of nitrogen functional groups attached to an aromatic ring is 1. The van der Waals surface area contributed by atoms with Gasteiger partial charge in [0.15, 0.2) is 5.78 Å². The van der Waals surface area contributed by atoms with Gasteiger partial charge in [0.25, 0.3) is 0 Å². The summed E-state index contributed by atoms with van der Waals surface area (Å²) in [7, 11) is 0. The van der Waals surface area contributed by atoms with Crippen molar-refractivity contribution in [3.8, 4) is 0 Å². The largest absolute Gasteiger partial charge is 0.399 e. The molecular formula is C18H21NO. The first-order chi connectivity index (χ1) is 9.30. The van der Waals surface area contributed by atoms with Crippen molar-refractivity contribution in [2.45, 2.75) is 33.1 Å². The molecule has 0 aliphatic carbocycles. The lowest BCUT2D eigenvalue weighted by Gasteiger charge is -2.22. The van der Waals surface area contributed by atoms with Crippen LogP contribution in [0.4, 0.5) is 5.69 Å². The summed E-state index contributed by atoms with van der Waals surface area (Å²) in [6, 6.07) is 13.3. The second-order valence-electron chi connectivity index (χ2n) is 6.20. The van der Waals surface area contributed by atoms with E-state index in [1.54, 1.807) is 12.1 Å². The third kappa shape index (κ3) is 2.74. The predicted octanol–water partition coefficient (Wildman–Crippen LogP) is 4.11. The molecule has 0 unspecified atom stereocenters. The highest BCUT2D eigenvalue weighted by Crippen LogP contribution is 2.27. The van der Waals surface area contributed by atoms with Crippen LogP contribution in [0, 0.1) is 6.92 Å². The molecule has 0 atom stereocenters. The van der Waals surface area contributed by atoms with E-state index in [-0.39, 0.29) is 11.2 Å². The summed E-state index contributed by atoms with van der Waals surface area (Å²) in [6.45, 7) is 8.27. The zero-order valence-corrected chi connectivity index (χ0v) is 12.5. The van der Waals surface area contributed by atoms with Crippen LogP contribution < -0.4 is 5.73 Å². The van der Waals surface area contributed by atoms with Crippen LogP contribution >= 0.6 is 0 Å². The number of nitrogens with two attached hydrogens (primary N) is 1. The van der Waals surface area contributed by atoms with Gasteiger partial charge in [-0.3, -0.25) is 4.79 Å². The standard InChI is InChI=1S/C18H21NO/c1-12-11-13(9-10-16(12)19)17(20)14-7-5-6-8-15(14)18(2,3)4/h5-11H,19H2,1-4H3. The first-order valence-electron chi connectivity index (χ1n) is 6.81. The lowest BCUT2D eigenvalue weighted by Crippen LogP contribution is -2.17. The highest BCUT2D eigenvalue weighted by Gasteiger charge is 2.22. The van der Waals surface area contributed by atoms with Gasteiger partial charge in [0.2, 0.25) is 0 Å². The fourth-order valence-electron chi connectivity index (χ4n) is 2.31. The van der Waals surface area contributed by atoms with Crippen LogP contribution in [0.25, 0.3) is 0 Å². The lowest BCUT2D eigenvalue weighted by atomic mass is 9.82. The summed E-state index contributed by atoms with van der Waals surface area (Å²) < 4.78 is 0. The molecule has 2 heteroatoms. The number of ketones is 1. The maximum absolute atomic E-state index is 12.7. The summed E-state index contributed by atoms with van der Waals surface area (Å²) in [4.78, 5) is 12.7. The SMILES string of the molecule is Cc1cc(C(=O)c2ccccc2C(C)(C)C)ccc1N. The van der Waals surface area contributed by atoms with Crippen molar-refractivity contribution in [1.29, 1.82) is 0 Å². The molecule has 0 saturated heterocycles. The number of carbonyl (C=O) groups is 1. The van der Waals surface area contributed by atoms with E-state index in [1.807, 2.05) is 37.3 Å². The van der Waals surface area contributed by atoms with Gasteiger partial charge in [-0.05, 0) is 41.7 Å². The Kier molecular flexibility index (Phi) is 3.67. The van der Waals surface area contributed by atoms with Crippen molar-refractivity contribution >= 4 is 11.5 Å². The van der Waals surface area contributed by atoms with Gasteiger partial charge in [0.1, 0.15) is 0 Å². The first-order valence-corrected chi connectivity index (χ1v) is 6.81. The normalized spacial score (nSPS) is 11.4. The Balaban J connectivity index is 2.51. The zero-order valence-electron chi connectivity index (χ0n) is 12.5. The minimum Gasteiger partial charge on any atom is -0.399 e. The van der Waals surface area contributed by atoms with Gasteiger partial charge in [0, 0.05) is 16.8 Å². The molecule has 0 aromatic heterocycles. The Morgan fingerprint density at radius 3 is 2.30 bits per heavy atom. The number of aryl methyl sites for hydroxylation is 1. The Morgan fingerprint density at radius 2 is 1.70 bits per heavy atom. The van der Waals surface area contributed by atoms with E-state index in [1.165, 1.54) is 0 Å². The summed E-state index contributed by atoms with van der Waals surface area (Å²) in [5, 5.41) is 0. The quantitative estimate of drug-likeness (QED) is 0.657. The topological polar surface area (TPSA) is 43.1 Å². The maximum Gasteiger partial charge on any atom is 0.193 e. The monoisotopic (exact) mass is 267 g/mol. The third-order valence-corrected chi connectivity index (χ3v) is 3.51. The van der Waals surface area contributed by atoms with Crippen LogP contribution in [-0.2, 0) is 5.41 Å². The van der Waals surface area contributed by atoms with Crippen LogP contribution in [0.5, 0.6) is 0 Å². The number of rotatable bonds is 2. The van der Waals surface area contributed by atoms with Crippen LogP contribution in [0.2, 0.25) is 0 Å². The minimum absolute atomic E-state index is 0.0543. The minimum atomic E-state index is -0.0604. The van der Waals surface area contributed by atoms with E-state index in [0.717, 1.165) is 16.7 Å². The van der Waals surface area contributed by atoms with E-state index in [4.69, 9.17) is 5.73 Å². The fraction of sp³-hybridized carbons (Fsp3) is 0.278. The van der Waals surface area contributed by atoms with Crippen molar-refractivity contribution in [3.05, 3.63) is 64.7 Å². The molecule has 2 nitrogen and oxygen atoms in total. The highest BCUT2D eigenvalue weighted by atomic mass is 16.1. The Morgan fingerprint density at radius 1 is 1.05 bits per heavy atom. The van der Waals surface area contributed by atoms with Crippen LogP contribution in [-0.4, -0.2) is 5.78 Å². The maximum atomic E-state index is 12.7. The van der Waals surface area contributed by atoms with E-state index in [2.05, 4.69) is 20.8 Å². The van der Waals surface area contributed by atoms with E-state index < -0.39 is 0 Å². The number of hydrogen-bond acceptors (Lipinski definition) is 2. The molecule has 0 aliphatic rings. The molecular weight excluding hydrogens is 246 g/mol. The average Bonchev–Trinajstić information content (AvgIpc) is 2.40. The molecule has 2 aromatic carbocycles. The number of anilines is 1. The number of benzene rings is 2. The number of carbonyl (C=O) groups excluding carboxylic acids is 1. The summed E-state index contributed by atoms with van der Waals surface area (Å²) >= 11 is 0. The second kappa shape index (κ2) is 5.12. The summed E-state index contributed by atoms with van der Waals surface area (Å²) in [5.41, 5.74) is 9.93. The van der Waals surface area contributed by atoms with E-state index in [9.17, 15) is 4.79 Å². The van der Waals surface area contributed by atoms with Crippen molar-refractivity contribution in [1.82, 2.24) is 0 Å². The van der Waals surface area contributed by atoms with Gasteiger partial charge in [0.05, 0.1) is 0 Å². The molecule has 2 aromatic rings. The molecule has 0 bridgehead atoms. The molecule has 20 heavy (non-hydrogen) atoms. The van der Waals surface area contributed by atoms with Crippen molar-refractivity contribution in [2.24, 2.45) is 0 Å². The zero-order chi connectivity index (χ0) is 14.9. The number of hydrogen-bond donors (Lipinski definition) is 1. The molecule has 2 N–H and O–H groups in total. The Labute approximate surface area is 120 Å². The molecule has 0 fully saturated rings. The highest BCUT2D eigenvalue weighted by molar-refractivity contribution is 6.10. The summed E-state index contributed by atoms with van der Waals surface area (Å²) in [6.07, 6.45) is 0. The molecule has 0 spiro atoms. The lowest BCUT2D eigenvalue weighted by molar-refractivity contribution is 0.103. The van der Waals surface area contributed by atoms with E-state index >= 15 is 0 Å². The molecule has 104 valence electrons. The molecule has 0 amide bonds. The molecule has 0 aliphatic heterocycles. The summed E-state index contributed by atoms with van der Waals surface area (Å²) in [5.74, 6) is 0.0543. The van der Waals surface area contributed by atoms with Gasteiger partial charge in [-0.25, -0.2) is 0 Å². The first kappa shape index (κ1) is 14.3. The average molecular weight is 267 g/mol. The van der Waals surface area contributed by atoms with Gasteiger partial charge in [-0.1, -0.05) is 45.0 Å². The Hall–Kier alpha value is -2.09.